The number of nitrogens with zero attached hydrogens (tertiary/aromatic N) is 7. The maximum Gasteiger partial charge on any atom is 2.00 e. The van der Waals surface area contributed by atoms with E-state index in [0.29, 0.717) is 47.2 Å². The van der Waals surface area contributed by atoms with Crippen molar-refractivity contribution in [2.45, 2.75) is 45.2 Å². The number of isothiocyanates is 1. The molecule has 0 fully saturated rings. The Morgan fingerprint density at radius 2 is 1.44 bits per heavy atom. The van der Waals surface area contributed by atoms with Crippen molar-refractivity contribution >= 4 is 73.7 Å². The Morgan fingerprint density at radius 1 is 0.766 bits per heavy atom. The molecule has 8 aromatic heterocycles. The standard InChI is InChI=1S/C25H13N3O4S2.C19H19F3N3S.CNS.Ru/c29-14-31-17-4-7-27-21(10-17)23-12-18(32-15-30)11-22(28-23)20-9-16(3-6-26-20)1-2-19-13-25-24(34-19)5-8-33-25;1-2-3-4-5-6-13-8-10-26-18(13)14-7-9-23-15(11-14)16-12-17(25-24-16)19(20,21)22;2-1-3;/h3-15H;7-12H,2-6H2,1H3;;/q;2*-1;+2. The average Bonchev–Trinajstić information content (AvgIpc) is 4.12. The molecule has 64 heavy (non-hydrogen) atoms. The monoisotopic (exact) mass is 1020 g/mol. The molecule has 0 spiro atoms. The second-order valence-electron chi connectivity index (χ2n) is 13.0. The van der Waals surface area contributed by atoms with E-state index in [1.54, 1.807) is 76.7 Å². The van der Waals surface area contributed by atoms with Crippen molar-refractivity contribution in [2.24, 2.45) is 0 Å². The van der Waals surface area contributed by atoms with Gasteiger partial charge in [-0.25, -0.2) is 4.98 Å². The minimum atomic E-state index is -4.50. The first-order chi connectivity index (χ1) is 30.6. The first-order valence-corrected chi connectivity index (χ1v) is 21.9. The predicted molar refractivity (Wildman–Crippen MR) is 243 cm³/mol. The number of halogens is 3. The number of carbonyl (C=O) groups excluding carboxylic acids is 2. The van der Waals surface area contributed by atoms with Crippen LogP contribution in [0.3, 0.4) is 0 Å². The topological polar surface area (TPSA) is 153 Å². The van der Waals surface area contributed by atoms with Crippen LogP contribution in [0.25, 0.3) is 59.4 Å². The number of aryl methyl sites for hydroxylation is 1. The van der Waals surface area contributed by atoms with E-state index in [1.165, 1.54) is 45.6 Å². The van der Waals surface area contributed by atoms with Crippen LogP contribution in [0.1, 0.15) is 54.3 Å². The predicted octanol–water partition coefficient (Wildman–Crippen LogP) is 11.6. The Kier molecular flexibility index (Phi) is 18.4. The van der Waals surface area contributed by atoms with Gasteiger partial charge in [-0.2, -0.15) is 18.3 Å². The molecule has 0 saturated heterocycles. The summed E-state index contributed by atoms with van der Waals surface area (Å²) in [7, 11) is 0. The fraction of sp³-hybridized carbons (Fsp3) is 0.156. The summed E-state index contributed by atoms with van der Waals surface area (Å²) < 4.78 is 50.6. The maximum absolute atomic E-state index is 12.7. The Balaban J connectivity index is 0.000000231. The molecule has 0 bridgehead atoms. The summed E-state index contributed by atoms with van der Waals surface area (Å²) in [4.78, 5) is 41.3. The first kappa shape index (κ1) is 48.9. The van der Waals surface area contributed by atoms with Crippen molar-refractivity contribution in [3.8, 4) is 67.9 Å². The smallest absolute Gasteiger partial charge is 0.753 e. The summed E-state index contributed by atoms with van der Waals surface area (Å²) in [5.74, 6) is 6.97. The molecule has 0 unspecified atom stereocenters. The van der Waals surface area contributed by atoms with Crippen molar-refractivity contribution in [1.82, 2.24) is 30.1 Å². The second kappa shape index (κ2) is 24.1. The Bertz CT molecular complexity index is 2890. The Hall–Kier alpha value is -6.12. The van der Waals surface area contributed by atoms with Gasteiger partial charge in [0.25, 0.3) is 12.9 Å². The number of ether oxygens (including phenoxy) is 2. The summed E-state index contributed by atoms with van der Waals surface area (Å²) in [6, 6.07) is 20.8. The fourth-order valence-corrected chi connectivity index (χ4v) is 8.89. The van der Waals surface area contributed by atoms with Gasteiger partial charge in [0.05, 0.1) is 33.3 Å². The normalized spacial score (nSPS) is 10.4. The van der Waals surface area contributed by atoms with Crippen LogP contribution in [0.2, 0.25) is 0 Å². The fourth-order valence-electron chi connectivity index (χ4n) is 5.98. The molecule has 0 aliphatic rings. The third-order valence-corrected chi connectivity index (χ3v) is 11.8. The molecule has 0 aromatic carbocycles. The summed E-state index contributed by atoms with van der Waals surface area (Å²) in [5, 5.41) is 19.4. The number of unbranched alkanes of at least 4 members (excludes halogenated alkanes) is 3. The zero-order chi connectivity index (χ0) is 44.6. The van der Waals surface area contributed by atoms with Crippen LogP contribution in [-0.4, -0.2) is 43.1 Å². The van der Waals surface area contributed by atoms with Gasteiger partial charge >= 0.3 is 25.7 Å². The quantitative estimate of drug-likeness (QED) is 0.0271. The molecule has 0 N–H and O–H groups in total. The zero-order valence-electron chi connectivity index (χ0n) is 33.4. The third kappa shape index (κ3) is 13.4. The van der Waals surface area contributed by atoms with Gasteiger partial charge in [-0.1, -0.05) is 55.9 Å². The number of aromatic nitrogens is 6. The molecular weight excluding hydrogens is 989 g/mol. The van der Waals surface area contributed by atoms with Gasteiger partial charge in [0.2, 0.25) is 0 Å². The molecule has 0 aliphatic carbocycles. The number of pyridine rings is 4. The number of fused-ring (bicyclic) bond motifs is 1. The van der Waals surface area contributed by atoms with E-state index in [-0.39, 0.29) is 30.9 Å². The van der Waals surface area contributed by atoms with Crippen molar-refractivity contribution in [1.29, 1.82) is 0 Å². The molecule has 324 valence electrons. The van der Waals surface area contributed by atoms with Gasteiger partial charge in [0.15, 0.2) is 0 Å². The SMILES string of the molecule is CCCCCCc1ccsc1-c1ccnc(-c2cc(C(F)(F)F)n[n-]2)c1.O=COc1ccnc(-c2cc(OC=O)cc(-c3cc(C#Cc4cc5sccc5s4)ccn3)n2)c1.[N-]=C=S.[Ru+2]. The van der Waals surface area contributed by atoms with Crippen LogP contribution in [0.15, 0.2) is 102 Å². The summed E-state index contributed by atoms with van der Waals surface area (Å²) in [6.07, 6.45) is 6.03. The van der Waals surface area contributed by atoms with Crippen molar-refractivity contribution in [3.05, 3.63) is 129 Å². The van der Waals surface area contributed by atoms with E-state index in [4.69, 9.17) is 14.9 Å². The van der Waals surface area contributed by atoms with E-state index in [0.717, 1.165) is 39.8 Å². The van der Waals surface area contributed by atoms with Gasteiger partial charge < -0.3 is 25.1 Å². The van der Waals surface area contributed by atoms with Crippen LogP contribution >= 0.6 is 46.2 Å². The first-order valence-electron chi connectivity index (χ1n) is 18.9. The van der Waals surface area contributed by atoms with Gasteiger partial charge in [-0.15, -0.1) is 34.0 Å². The van der Waals surface area contributed by atoms with Gasteiger partial charge in [-0.05, 0) is 89.3 Å². The number of hydrogen-bond donors (Lipinski definition) is 0. The summed E-state index contributed by atoms with van der Waals surface area (Å²) >= 11 is 8.69. The van der Waals surface area contributed by atoms with Gasteiger partial charge in [-0.3, -0.25) is 24.5 Å². The molecule has 8 heterocycles. The number of thiocarbonyl (C=S) groups is 1. The third-order valence-electron chi connectivity index (χ3n) is 8.81. The molecule has 0 aliphatic heterocycles. The molecule has 19 heteroatoms. The molecule has 8 aromatic rings. The minimum Gasteiger partial charge on any atom is -0.753 e. The molecule has 0 radical (unpaired) electrons. The van der Waals surface area contributed by atoms with Gasteiger partial charge in [0.1, 0.15) is 17.2 Å². The summed E-state index contributed by atoms with van der Waals surface area (Å²) in [5.41, 5.74) is 4.41. The Morgan fingerprint density at radius 3 is 2.14 bits per heavy atom. The number of alkyl halides is 3. The number of rotatable bonds is 13. The zero-order valence-corrected chi connectivity index (χ0v) is 38.4. The molecule has 0 amide bonds. The van der Waals surface area contributed by atoms with E-state index in [2.05, 4.69) is 90.1 Å². The van der Waals surface area contributed by atoms with Crippen LogP contribution < -0.4 is 14.6 Å². The molecular formula is C45H32F3N7O4RuS4. The molecule has 11 nitrogen and oxygen atoms in total. The van der Waals surface area contributed by atoms with E-state index < -0.39 is 11.9 Å². The molecule has 8 rings (SSSR count). The minimum absolute atomic E-state index is 0. The van der Waals surface area contributed by atoms with Crippen LogP contribution in [0.5, 0.6) is 11.5 Å². The molecule has 0 atom stereocenters. The van der Waals surface area contributed by atoms with E-state index in [1.807, 2.05) is 18.2 Å². The van der Waals surface area contributed by atoms with Crippen molar-refractivity contribution < 1.29 is 51.7 Å². The molecule has 0 saturated carbocycles. The van der Waals surface area contributed by atoms with E-state index in [9.17, 15) is 22.8 Å². The van der Waals surface area contributed by atoms with Crippen molar-refractivity contribution in [2.75, 3.05) is 0 Å². The average molecular weight is 1020 g/mol. The van der Waals surface area contributed by atoms with Crippen LogP contribution in [0.4, 0.5) is 13.2 Å². The Labute approximate surface area is 395 Å². The number of hydrogen-bond acceptors (Lipinski definition) is 13. The largest absolute Gasteiger partial charge is 2.00 e. The van der Waals surface area contributed by atoms with Crippen molar-refractivity contribution in [3.63, 3.8) is 0 Å². The van der Waals surface area contributed by atoms with Gasteiger partial charge in [0, 0.05) is 56.6 Å². The summed E-state index contributed by atoms with van der Waals surface area (Å²) in [6.45, 7) is 2.86. The van der Waals surface area contributed by atoms with E-state index >= 15 is 0 Å². The maximum atomic E-state index is 12.7. The van der Waals surface area contributed by atoms with Crippen LogP contribution in [0, 0.1) is 11.8 Å². The second-order valence-corrected chi connectivity index (χ2v) is 16.2. The number of carbonyl (C=O) groups is 2. The van der Waals surface area contributed by atoms with Crippen LogP contribution in [-0.2, 0) is 41.7 Å². The number of thiophene rings is 3.